The van der Waals surface area contributed by atoms with E-state index in [1.165, 1.54) is 7.11 Å². The summed E-state index contributed by atoms with van der Waals surface area (Å²) in [5.74, 6) is -1.72. The summed E-state index contributed by atoms with van der Waals surface area (Å²) in [6.07, 6.45) is 4.12. The van der Waals surface area contributed by atoms with Gasteiger partial charge in [0.05, 0.1) is 7.11 Å². The number of carbonyl (C=O) groups excluding carboxylic acids is 1. The van der Waals surface area contributed by atoms with Crippen LogP contribution in [0, 0.1) is 0 Å². The molecule has 1 saturated heterocycles. The predicted molar refractivity (Wildman–Crippen MR) is 62.7 cm³/mol. The molecule has 1 aliphatic rings. The van der Waals surface area contributed by atoms with Gasteiger partial charge in [0.2, 0.25) is 5.54 Å². The maximum Gasteiger partial charge on any atom is 0.338 e. The van der Waals surface area contributed by atoms with E-state index >= 15 is 0 Å². The molecule has 98 valence electrons. The quantitative estimate of drug-likeness (QED) is 0.432. The highest BCUT2D eigenvalue weighted by Gasteiger charge is 2.54. The van der Waals surface area contributed by atoms with Crippen molar-refractivity contribution in [1.29, 1.82) is 0 Å². The average Bonchev–Trinajstić information content (AvgIpc) is 2.73. The van der Waals surface area contributed by atoms with Gasteiger partial charge in [-0.05, 0) is 32.4 Å². The van der Waals surface area contributed by atoms with Crippen molar-refractivity contribution in [3.8, 4) is 0 Å². The Labute approximate surface area is 102 Å². The van der Waals surface area contributed by atoms with Crippen LogP contribution in [-0.4, -0.2) is 47.7 Å². The number of hydrogen-bond donors (Lipinski definition) is 1. The fourth-order valence-corrected chi connectivity index (χ4v) is 2.46. The molecular weight excluding hydrogens is 222 g/mol. The van der Waals surface area contributed by atoms with Crippen LogP contribution in [0.3, 0.4) is 0 Å². The summed E-state index contributed by atoms with van der Waals surface area (Å²) in [4.78, 5) is 25.0. The minimum absolute atomic E-state index is 0.348. The zero-order valence-corrected chi connectivity index (χ0v) is 10.6. The number of carboxylic acid groups (broad SMARTS) is 1. The van der Waals surface area contributed by atoms with Crippen molar-refractivity contribution in [3.63, 3.8) is 0 Å². The van der Waals surface area contributed by atoms with E-state index in [-0.39, 0.29) is 0 Å². The SMILES string of the molecule is CCCCCN1CCC[C@]1(C(=O)O)C(=O)OC. The molecular formula is C12H21NO4. The summed E-state index contributed by atoms with van der Waals surface area (Å²) in [7, 11) is 1.25. The predicted octanol–water partition coefficient (Wildman–Crippen LogP) is 1.27. The van der Waals surface area contributed by atoms with E-state index in [9.17, 15) is 14.7 Å². The number of carboxylic acids is 1. The Kier molecular flexibility index (Phi) is 4.93. The van der Waals surface area contributed by atoms with E-state index in [4.69, 9.17) is 0 Å². The van der Waals surface area contributed by atoms with Gasteiger partial charge < -0.3 is 9.84 Å². The molecule has 1 fully saturated rings. The normalized spacial score (nSPS) is 24.8. The van der Waals surface area contributed by atoms with Crippen molar-refractivity contribution in [1.82, 2.24) is 4.90 Å². The van der Waals surface area contributed by atoms with Gasteiger partial charge in [-0.25, -0.2) is 9.59 Å². The van der Waals surface area contributed by atoms with Gasteiger partial charge in [-0.15, -0.1) is 0 Å². The molecule has 0 amide bonds. The summed E-state index contributed by atoms with van der Waals surface area (Å²) >= 11 is 0. The Morgan fingerprint density at radius 2 is 2.12 bits per heavy atom. The molecule has 5 nitrogen and oxygen atoms in total. The smallest absolute Gasteiger partial charge is 0.338 e. The number of carbonyl (C=O) groups is 2. The number of likely N-dealkylation sites (tertiary alicyclic amines) is 1. The van der Waals surface area contributed by atoms with E-state index in [0.717, 1.165) is 25.7 Å². The van der Waals surface area contributed by atoms with Gasteiger partial charge in [0.15, 0.2) is 0 Å². The van der Waals surface area contributed by atoms with E-state index in [1.807, 2.05) is 0 Å². The van der Waals surface area contributed by atoms with Crippen molar-refractivity contribution in [2.75, 3.05) is 20.2 Å². The molecule has 17 heavy (non-hydrogen) atoms. The lowest BCUT2D eigenvalue weighted by molar-refractivity contribution is -0.167. The number of rotatable bonds is 6. The van der Waals surface area contributed by atoms with Crippen molar-refractivity contribution < 1.29 is 19.4 Å². The van der Waals surface area contributed by atoms with E-state index in [0.29, 0.717) is 19.5 Å². The number of hydrogen-bond acceptors (Lipinski definition) is 4. The van der Waals surface area contributed by atoms with Crippen molar-refractivity contribution in [2.24, 2.45) is 0 Å². The Balaban J connectivity index is 2.80. The summed E-state index contributed by atoms with van der Waals surface area (Å²) in [6.45, 7) is 3.40. The molecule has 1 atom stereocenters. The molecule has 1 rings (SSSR count). The van der Waals surface area contributed by atoms with E-state index in [1.54, 1.807) is 4.90 Å². The third-order valence-electron chi connectivity index (χ3n) is 3.41. The summed E-state index contributed by atoms with van der Waals surface area (Å²) in [5, 5.41) is 9.35. The van der Waals surface area contributed by atoms with Crippen LogP contribution >= 0.6 is 0 Å². The fraction of sp³-hybridized carbons (Fsp3) is 0.833. The van der Waals surface area contributed by atoms with Gasteiger partial charge in [-0.1, -0.05) is 19.8 Å². The molecule has 0 aromatic rings. The molecule has 0 unspecified atom stereocenters. The second-order valence-electron chi connectivity index (χ2n) is 4.45. The van der Waals surface area contributed by atoms with Gasteiger partial charge in [0.25, 0.3) is 0 Å². The Morgan fingerprint density at radius 3 is 2.65 bits per heavy atom. The molecule has 5 heteroatoms. The van der Waals surface area contributed by atoms with E-state index in [2.05, 4.69) is 11.7 Å². The highest BCUT2D eigenvalue weighted by atomic mass is 16.5. The minimum Gasteiger partial charge on any atom is -0.479 e. The standard InChI is InChI=1S/C12H21NO4/c1-3-4-5-8-13-9-6-7-12(13,10(14)15)11(16)17-2/h3-9H2,1-2H3,(H,14,15)/t12-/m0/s1. The summed E-state index contributed by atoms with van der Waals surface area (Å²) in [6, 6.07) is 0. The third-order valence-corrected chi connectivity index (χ3v) is 3.41. The van der Waals surface area contributed by atoms with Gasteiger partial charge in [-0.3, -0.25) is 4.90 Å². The largest absolute Gasteiger partial charge is 0.479 e. The van der Waals surface area contributed by atoms with Gasteiger partial charge >= 0.3 is 11.9 Å². The number of esters is 1. The Morgan fingerprint density at radius 1 is 1.41 bits per heavy atom. The number of methoxy groups -OCH3 is 1. The highest BCUT2D eigenvalue weighted by molar-refractivity contribution is 6.04. The van der Waals surface area contributed by atoms with Crippen LogP contribution in [0.15, 0.2) is 0 Å². The number of ether oxygens (including phenoxy) is 1. The number of unbranched alkanes of at least 4 members (excludes halogenated alkanes) is 2. The van der Waals surface area contributed by atoms with Crippen LogP contribution in [0.4, 0.5) is 0 Å². The fourth-order valence-electron chi connectivity index (χ4n) is 2.46. The third kappa shape index (κ3) is 2.60. The van der Waals surface area contributed by atoms with Crippen LogP contribution in [0.2, 0.25) is 0 Å². The number of nitrogens with zero attached hydrogens (tertiary/aromatic N) is 1. The highest BCUT2D eigenvalue weighted by Crippen LogP contribution is 2.31. The van der Waals surface area contributed by atoms with Crippen LogP contribution in [-0.2, 0) is 14.3 Å². The molecule has 1 N–H and O–H groups in total. The summed E-state index contributed by atoms with van der Waals surface area (Å²) < 4.78 is 4.67. The maximum atomic E-state index is 11.8. The second kappa shape index (κ2) is 6.00. The lowest BCUT2D eigenvalue weighted by Crippen LogP contribution is -2.57. The summed E-state index contributed by atoms with van der Waals surface area (Å²) in [5.41, 5.74) is -1.44. The van der Waals surface area contributed by atoms with Crippen molar-refractivity contribution >= 4 is 11.9 Å². The lowest BCUT2D eigenvalue weighted by atomic mass is 9.96. The molecule has 0 radical (unpaired) electrons. The van der Waals surface area contributed by atoms with Gasteiger partial charge in [0, 0.05) is 0 Å². The van der Waals surface area contributed by atoms with Crippen molar-refractivity contribution in [2.45, 2.75) is 44.6 Å². The lowest BCUT2D eigenvalue weighted by Gasteiger charge is -2.31. The molecule has 0 aromatic carbocycles. The first-order valence-corrected chi connectivity index (χ1v) is 6.16. The zero-order valence-electron chi connectivity index (χ0n) is 10.6. The molecule has 0 bridgehead atoms. The minimum atomic E-state index is -1.44. The maximum absolute atomic E-state index is 11.8. The van der Waals surface area contributed by atoms with Crippen LogP contribution in [0.1, 0.15) is 39.0 Å². The Bertz CT molecular complexity index is 292. The van der Waals surface area contributed by atoms with Crippen LogP contribution in [0.5, 0.6) is 0 Å². The monoisotopic (exact) mass is 243 g/mol. The number of aliphatic carboxylic acids is 1. The molecule has 1 heterocycles. The van der Waals surface area contributed by atoms with Gasteiger partial charge in [-0.2, -0.15) is 0 Å². The molecule has 0 aromatic heterocycles. The molecule has 0 saturated carbocycles. The van der Waals surface area contributed by atoms with Crippen LogP contribution < -0.4 is 0 Å². The van der Waals surface area contributed by atoms with Crippen molar-refractivity contribution in [3.05, 3.63) is 0 Å². The molecule has 1 aliphatic heterocycles. The first kappa shape index (κ1) is 14.0. The molecule has 0 spiro atoms. The topological polar surface area (TPSA) is 66.8 Å². The molecule has 0 aliphatic carbocycles. The first-order valence-electron chi connectivity index (χ1n) is 6.16. The first-order chi connectivity index (χ1) is 8.09. The second-order valence-corrected chi connectivity index (χ2v) is 4.45. The van der Waals surface area contributed by atoms with Crippen LogP contribution in [0.25, 0.3) is 0 Å². The zero-order chi connectivity index (χ0) is 12.9. The van der Waals surface area contributed by atoms with E-state index < -0.39 is 17.5 Å². The average molecular weight is 243 g/mol. The van der Waals surface area contributed by atoms with Gasteiger partial charge in [0.1, 0.15) is 0 Å². The Hall–Kier alpha value is -1.10.